The maximum absolute atomic E-state index is 11.8. The third-order valence-corrected chi connectivity index (χ3v) is 2.56. The highest BCUT2D eigenvalue weighted by molar-refractivity contribution is 6.02. The number of aromatic amines is 1. The van der Waals surface area contributed by atoms with E-state index in [4.69, 9.17) is 4.84 Å². The highest BCUT2D eigenvalue weighted by Gasteiger charge is 2.21. The van der Waals surface area contributed by atoms with E-state index >= 15 is 0 Å². The second-order valence-corrected chi connectivity index (χ2v) is 3.67. The van der Waals surface area contributed by atoms with Gasteiger partial charge in [-0.15, -0.1) is 0 Å². The van der Waals surface area contributed by atoms with Crippen LogP contribution >= 0.6 is 0 Å². The van der Waals surface area contributed by atoms with E-state index in [1.54, 1.807) is 13.8 Å². The molecule has 0 radical (unpaired) electrons. The zero-order valence-electron chi connectivity index (χ0n) is 10.2. The van der Waals surface area contributed by atoms with Crippen LogP contribution in [0.2, 0.25) is 0 Å². The van der Waals surface area contributed by atoms with Gasteiger partial charge in [-0.25, -0.2) is 5.06 Å². The number of aryl methyl sites for hydroxylation is 1. The Balaban J connectivity index is 3.22. The molecule has 1 aromatic rings. The Kier molecular flexibility index (Phi) is 3.49. The Bertz CT molecular complexity index is 435. The fourth-order valence-corrected chi connectivity index (χ4v) is 1.73. The summed E-state index contributed by atoms with van der Waals surface area (Å²) in [6, 6.07) is 0. The maximum atomic E-state index is 11.8. The van der Waals surface area contributed by atoms with Crippen LogP contribution in [0.3, 0.4) is 0 Å². The Labute approximate surface area is 94.3 Å². The smallest absolute Gasteiger partial charge is 0.293 e. The van der Waals surface area contributed by atoms with Crippen LogP contribution in [-0.4, -0.2) is 35.9 Å². The summed E-state index contributed by atoms with van der Waals surface area (Å²) in [5, 5.41) is 1.11. The van der Waals surface area contributed by atoms with Gasteiger partial charge in [0.1, 0.15) is 5.69 Å². The van der Waals surface area contributed by atoms with E-state index in [0.29, 0.717) is 22.5 Å². The fraction of sp³-hybridized carbons (Fsp3) is 0.455. The van der Waals surface area contributed by atoms with Gasteiger partial charge in [-0.2, -0.15) is 0 Å². The summed E-state index contributed by atoms with van der Waals surface area (Å²) >= 11 is 0. The van der Waals surface area contributed by atoms with E-state index in [9.17, 15) is 9.59 Å². The van der Waals surface area contributed by atoms with E-state index in [0.717, 1.165) is 5.06 Å². The molecule has 0 saturated carbocycles. The van der Waals surface area contributed by atoms with Gasteiger partial charge < -0.3 is 4.98 Å². The zero-order chi connectivity index (χ0) is 12.5. The SMILES string of the molecule is CON(C)C(=O)c1[nH]c(C)c(C(C)=O)c1C. The molecule has 0 aliphatic heterocycles. The molecule has 0 unspecified atom stereocenters. The maximum Gasteiger partial charge on any atom is 0.293 e. The first-order valence-corrected chi connectivity index (χ1v) is 4.92. The van der Waals surface area contributed by atoms with Crippen LogP contribution in [0.4, 0.5) is 0 Å². The molecule has 0 aliphatic rings. The lowest BCUT2D eigenvalue weighted by molar-refractivity contribution is -0.0760. The molecule has 1 rings (SSSR count). The van der Waals surface area contributed by atoms with Crippen LogP contribution < -0.4 is 0 Å². The van der Waals surface area contributed by atoms with Crippen molar-refractivity contribution >= 4 is 11.7 Å². The lowest BCUT2D eigenvalue weighted by atomic mass is 10.1. The van der Waals surface area contributed by atoms with E-state index in [-0.39, 0.29) is 11.7 Å². The molecule has 0 fully saturated rings. The number of carbonyl (C=O) groups excluding carboxylic acids is 2. The molecule has 1 aromatic heterocycles. The molecule has 0 atom stereocenters. The van der Waals surface area contributed by atoms with Crippen molar-refractivity contribution in [3.8, 4) is 0 Å². The molecule has 1 N–H and O–H groups in total. The molecule has 1 heterocycles. The van der Waals surface area contributed by atoms with Crippen molar-refractivity contribution in [1.29, 1.82) is 0 Å². The van der Waals surface area contributed by atoms with Gasteiger partial charge in [-0.3, -0.25) is 14.4 Å². The number of amides is 1. The number of nitrogens with zero attached hydrogens (tertiary/aromatic N) is 1. The summed E-state index contributed by atoms with van der Waals surface area (Å²) in [7, 11) is 2.93. The lowest BCUT2D eigenvalue weighted by Gasteiger charge is -2.12. The fourth-order valence-electron chi connectivity index (χ4n) is 1.73. The van der Waals surface area contributed by atoms with Crippen molar-refractivity contribution in [3.05, 3.63) is 22.5 Å². The van der Waals surface area contributed by atoms with Gasteiger partial charge in [-0.05, 0) is 26.3 Å². The molecule has 5 heteroatoms. The zero-order valence-corrected chi connectivity index (χ0v) is 10.2. The van der Waals surface area contributed by atoms with E-state index in [1.807, 2.05) is 0 Å². The number of rotatable bonds is 3. The number of aromatic nitrogens is 1. The summed E-state index contributed by atoms with van der Waals surface area (Å²) in [6.45, 7) is 5.00. The van der Waals surface area contributed by atoms with Crippen molar-refractivity contribution in [2.24, 2.45) is 0 Å². The molecular weight excluding hydrogens is 208 g/mol. The average Bonchev–Trinajstić information content (AvgIpc) is 2.51. The minimum absolute atomic E-state index is 0.0506. The Morgan fingerprint density at radius 3 is 2.25 bits per heavy atom. The molecule has 1 amide bonds. The third kappa shape index (κ3) is 1.99. The monoisotopic (exact) mass is 224 g/mol. The molecule has 5 nitrogen and oxygen atoms in total. The molecule has 0 aliphatic carbocycles. The minimum atomic E-state index is -0.296. The summed E-state index contributed by atoms with van der Waals surface area (Å²) in [5.41, 5.74) is 2.34. The van der Waals surface area contributed by atoms with Crippen LogP contribution in [0.25, 0.3) is 0 Å². The van der Waals surface area contributed by atoms with E-state index in [2.05, 4.69) is 4.98 Å². The van der Waals surface area contributed by atoms with Gasteiger partial charge in [0.2, 0.25) is 0 Å². The van der Waals surface area contributed by atoms with E-state index in [1.165, 1.54) is 21.1 Å². The Morgan fingerprint density at radius 1 is 1.31 bits per heavy atom. The van der Waals surface area contributed by atoms with Gasteiger partial charge in [0.25, 0.3) is 5.91 Å². The van der Waals surface area contributed by atoms with Crippen molar-refractivity contribution in [2.45, 2.75) is 20.8 Å². The number of ketones is 1. The second-order valence-electron chi connectivity index (χ2n) is 3.67. The molecule has 0 aromatic carbocycles. The standard InChI is InChI=1S/C11H16N2O3/c1-6-9(8(3)14)7(2)12-10(6)11(15)13(4)16-5/h12H,1-5H3. The van der Waals surface area contributed by atoms with Crippen molar-refractivity contribution in [3.63, 3.8) is 0 Å². The molecule has 88 valence electrons. The number of hydroxylamine groups is 2. The number of Topliss-reactive ketones (excluding diaryl/α,β-unsaturated/α-hetero) is 1. The minimum Gasteiger partial charge on any atom is -0.354 e. The van der Waals surface area contributed by atoms with Gasteiger partial charge in [0.05, 0.1) is 7.11 Å². The molecule has 0 spiro atoms. The largest absolute Gasteiger partial charge is 0.354 e. The first kappa shape index (κ1) is 12.4. The molecule has 0 bridgehead atoms. The van der Waals surface area contributed by atoms with Crippen molar-refractivity contribution < 1.29 is 14.4 Å². The molecular formula is C11H16N2O3. The predicted octanol–water partition coefficient (Wildman–Crippen LogP) is 1.47. The van der Waals surface area contributed by atoms with Crippen LogP contribution in [0.1, 0.15) is 39.0 Å². The van der Waals surface area contributed by atoms with Crippen molar-refractivity contribution in [2.75, 3.05) is 14.2 Å². The van der Waals surface area contributed by atoms with Crippen LogP contribution in [0.5, 0.6) is 0 Å². The van der Waals surface area contributed by atoms with Crippen molar-refractivity contribution in [1.82, 2.24) is 10.0 Å². The predicted molar refractivity (Wildman–Crippen MR) is 59.4 cm³/mol. The summed E-state index contributed by atoms with van der Waals surface area (Å²) < 4.78 is 0. The van der Waals surface area contributed by atoms with Gasteiger partial charge in [0, 0.05) is 18.3 Å². The number of hydrogen-bond donors (Lipinski definition) is 1. The van der Waals surface area contributed by atoms with Crippen LogP contribution in [0, 0.1) is 13.8 Å². The third-order valence-electron chi connectivity index (χ3n) is 2.56. The van der Waals surface area contributed by atoms with E-state index < -0.39 is 0 Å². The van der Waals surface area contributed by atoms with Gasteiger partial charge in [0.15, 0.2) is 5.78 Å². The first-order valence-electron chi connectivity index (χ1n) is 4.92. The topological polar surface area (TPSA) is 62.4 Å². The quantitative estimate of drug-likeness (QED) is 0.624. The summed E-state index contributed by atoms with van der Waals surface area (Å²) in [4.78, 5) is 31.0. The summed E-state index contributed by atoms with van der Waals surface area (Å²) in [6.07, 6.45) is 0. The highest BCUT2D eigenvalue weighted by Crippen LogP contribution is 2.19. The first-order chi connectivity index (χ1) is 7.40. The molecule has 0 saturated heterocycles. The number of H-pyrrole nitrogens is 1. The summed E-state index contributed by atoms with van der Waals surface area (Å²) in [5.74, 6) is -0.346. The highest BCUT2D eigenvalue weighted by atomic mass is 16.7. The molecule has 16 heavy (non-hydrogen) atoms. The lowest BCUT2D eigenvalue weighted by Crippen LogP contribution is -2.26. The second kappa shape index (κ2) is 4.49. The van der Waals surface area contributed by atoms with Gasteiger partial charge >= 0.3 is 0 Å². The van der Waals surface area contributed by atoms with Crippen LogP contribution in [-0.2, 0) is 4.84 Å². The Hall–Kier alpha value is -1.62. The Morgan fingerprint density at radius 2 is 1.88 bits per heavy atom. The number of carbonyl (C=O) groups is 2. The normalized spacial score (nSPS) is 10.3. The van der Waals surface area contributed by atoms with Gasteiger partial charge in [-0.1, -0.05) is 0 Å². The number of nitrogens with one attached hydrogen (secondary N) is 1. The average molecular weight is 224 g/mol. The number of hydrogen-bond acceptors (Lipinski definition) is 3. The van der Waals surface area contributed by atoms with Crippen LogP contribution in [0.15, 0.2) is 0 Å².